The van der Waals surface area contributed by atoms with Gasteiger partial charge < -0.3 is 9.47 Å². The van der Waals surface area contributed by atoms with Gasteiger partial charge in [0.1, 0.15) is 11.5 Å². The van der Waals surface area contributed by atoms with Gasteiger partial charge in [-0.3, -0.25) is 13.8 Å². The van der Waals surface area contributed by atoms with Crippen molar-refractivity contribution in [2.24, 2.45) is 0 Å². The Bertz CT molecular complexity index is 1380. The van der Waals surface area contributed by atoms with Gasteiger partial charge in [-0.1, -0.05) is 6.07 Å². The predicted molar refractivity (Wildman–Crippen MR) is 129 cm³/mol. The molecule has 0 saturated heterocycles. The van der Waals surface area contributed by atoms with Crippen LogP contribution in [0.25, 0.3) is 22.3 Å². The lowest BCUT2D eigenvalue weighted by Gasteiger charge is -2.09. The predicted octanol–water partition coefficient (Wildman–Crippen LogP) is 3.47. The van der Waals surface area contributed by atoms with Crippen molar-refractivity contribution >= 4 is 21.2 Å². The largest absolute Gasteiger partial charge is 0.497 e. The molecular formula is C24H26N4O5S. The third-order valence-corrected chi connectivity index (χ3v) is 5.78. The van der Waals surface area contributed by atoms with Crippen LogP contribution in [0.15, 0.2) is 55.0 Å². The second kappa shape index (κ2) is 10.2. The Kier molecular flexibility index (Phi) is 7.09. The Morgan fingerprint density at radius 2 is 1.71 bits per heavy atom. The Morgan fingerprint density at radius 1 is 0.941 bits per heavy atom. The summed E-state index contributed by atoms with van der Waals surface area (Å²) in [7, 11) is -0.156. The van der Waals surface area contributed by atoms with Crippen LogP contribution in [0.3, 0.4) is 0 Å². The van der Waals surface area contributed by atoms with Crippen molar-refractivity contribution in [1.82, 2.24) is 19.7 Å². The number of aryl methyl sites for hydroxylation is 1. The molecule has 0 spiro atoms. The van der Waals surface area contributed by atoms with Crippen molar-refractivity contribution < 1.29 is 22.1 Å². The highest BCUT2D eigenvalue weighted by Crippen LogP contribution is 2.25. The van der Waals surface area contributed by atoms with E-state index in [1.165, 1.54) is 0 Å². The first-order valence-electron chi connectivity index (χ1n) is 10.7. The number of methoxy groups -OCH3 is 2. The van der Waals surface area contributed by atoms with Crippen molar-refractivity contribution in [3.8, 4) is 22.8 Å². The number of fused-ring (bicyclic) bond motifs is 1. The van der Waals surface area contributed by atoms with Crippen LogP contribution >= 0.6 is 0 Å². The van der Waals surface area contributed by atoms with Gasteiger partial charge in [-0.25, -0.2) is 4.98 Å². The normalized spacial score (nSPS) is 11.6. The molecule has 0 aliphatic rings. The summed E-state index contributed by atoms with van der Waals surface area (Å²) < 4.78 is 39.4. The van der Waals surface area contributed by atoms with E-state index in [-0.39, 0.29) is 6.61 Å². The number of aromatic nitrogens is 4. The maximum absolute atomic E-state index is 11.1. The molecule has 0 aliphatic carbocycles. The van der Waals surface area contributed by atoms with Crippen molar-refractivity contribution in [3.63, 3.8) is 0 Å². The summed E-state index contributed by atoms with van der Waals surface area (Å²) in [5.74, 6) is 1.49. The molecule has 4 rings (SSSR count). The molecule has 0 bridgehead atoms. The minimum absolute atomic E-state index is 0.117. The number of rotatable bonds is 10. The molecule has 0 N–H and O–H groups in total. The molecule has 9 nitrogen and oxygen atoms in total. The van der Waals surface area contributed by atoms with Crippen LogP contribution in [-0.4, -0.2) is 55.2 Å². The lowest BCUT2D eigenvalue weighted by molar-refractivity contribution is 0.304. The van der Waals surface area contributed by atoms with E-state index in [9.17, 15) is 8.42 Å². The lowest BCUT2D eigenvalue weighted by Crippen LogP contribution is -2.07. The highest BCUT2D eigenvalue weighted by atomic mass is 32.2. The summed E-state index contributed by atoms with van der Waals surface area (Å²) in [6.45, 7) is 0.649. The van der Waals surface area contributed by atoms with E-state index in [0.29, 0.717) is 25.1 Å². The van der Waals surface area contributed by atoms with Gasteiger partial charge in [-0.15, -0.1) is 0 Å². The van der Waals surface area contributed by atoms with Crippen LogP contribution in [0.4, 0.5) is 0 Å². The minimum atomic E-state index is -3.43. The molecule has 0 amide bonds. The fourth-order valence-corrected chi connectivity index (χ4v) is 3.99. The second-order valence-electron chi connectivity index (χ2n) is 7.85. The van der Waals surface area contributed by atoms with E-state index >= 15 is 0 Å². The van der Waals surface area contributed by atoms with Crippen molar-refractivity contribution in [3.05, 3.63) is 66.1 Å². The summed E-state index contributed by atoms with van der Waals surface area (Å²) in [5, 5.41) is 4.33. The third kappa shape index (κ3) is 6.09. The molecule has 2 aromatic heterocycles. The zero-order valence-electron chi connectivity index (χ0n) is 19.3. The number of benzene rings is 2. The Morgan fingerprint density at radius 3 is 2.41 bits per heavy atom. The molecule has 2 aromatic carbocycles. The smallest absolute Gasteiger partial charge is 0.264 e. The summed E-state index contributed by atoms with van der Waals surface area (Å²) >= 11 is 0. The Balaban J connectivity index is 1.50. The number of nitrogens with zero attached hydrogens (tertiary/aromatic N) is 4. The SMILES string of the molecule is COc1cc(Cc2ccc3ncc(-c4cnn(CCCOS(C)(=O)=O)c4)nc3c2)cc(OC)c1. The van der Waals surface area contributed by atoms with Gasteiger partial charge in [0, 0.05) is 24.4 Å². The van der Waals surface area contributed by atoms with E-state index in [1.807, 2.05) is 42.6 Å². The van der Waals surface area contributed by atoms with Gasteiger partial charge in [0.05, 0.1) is 56.2 Å². The van der Waals surface area contributed by atoms with Crippen molar-refractivity contribution in [1.29, 1.82) is 0 Å². The van der Waals surface area contributed by atoms with Crippen LogP contribution in [-0.2, 0) is 27.3 Å². The quantitative estimate of drug-likeness (QED) is 0.250. The van der Waals surface area contributed by atoms with Gasteiger partial charge in [-0.05, 0) is 48.2 Å². The van der Waals surface area contributed by atoms with Gasteiger partial charge in [-0.2, -0.15) is 13.5 Å². The average molecular weight is 483 g/mol. The molecule has 178 valence electrons. The molecule has 0 radical (unpaired) electrons. The first kappa shape index (κ1) is 23.7. The summed E-state index contributed by atoms with van der Waals surface area (Å²) in [4.78, 5) is 9.33. The Labute approximate surface area is 198 Å². The topological polar surface area (TPSA) is 105 Å². The lowest BCUT2D eigenvalue weighted by atomic mass is 10.0. The molecule has 0 saturated carbocycles. The fraction of sp³-hybridized carbons (Fsp3) is 0.292. The zero-order valence-corrected chi connectivity index (χ0v) is 20.1. The standard InChI is InChI=1S/C24H26N4O5S/c1-31-20-10-18(11-21(13-20)32-2)9-17-5-6-22-23(12-17)27-24(15-25-22)19-14-26-28(16-19)7-4-8-33-34(3,29)30/h5-6,10-16H,4,7-9H2,1-3H3. The highest BCUT2D eigenvalue weighted by Gasteiger charge is 2.09. The van der Waals surface area contributed by atoms with Crippen LogP contribution in [0.2, 0.25) is 0 Å². The first-order chi connectivity index (χ1) is 16.3. The van der Waals surface area contributed by atoms with Crippen molar-refractivity contribution in [2.75, 3.05) is 27.1 Å². The van der Waals surface area contributed by atoms with E-state index < -0.39 is 10.1 Å². The fourth-order valence-electron chi connectivity index (χ4n) is 3.57. The van der Waals surface area contributed by atoms with Crippen LogP contribution in [0, 0.1) is 0 Å². The highest BCUT2D eigenvalue weighted by molar-refractivity contribution is 7.85. The molecule has 2 heterocycles. The van der Waals surface area contributed by atoms with Crippen LogP contribution in [0.1, 0.15) is 17.5 Å². The van der Waals surface area contributed by atoms with Gasteiger partial charge in [0.15, 0.2) is 0 Å². The van der Waals surface area contributed by atoms with Gasteiger partial charge in [0.25, 0.3) is 10.1 Å². The molecule has 0 unspecified atom stereocenters. The second-order valence-corrected chi connectivity index (χ2v) is 9.49. The summed E-state index contributed by atoms with van der Waals surface area (Å²) in [5.41, 5.74) is 5.31. The molecule has 4 aromatic rings. The number of hydrogen-bond donors (Lipinski definition) is 0. The molecular weight excluding hydrogens is 456 g/mol. The maximum Gasteiger partial charge on any atom is 0.264 e. The molecule has 0 atom stereocenters. The average Bonchev–Trinajstić information content (AvgIpc) is 3.29. The van der Waals surface area contributed by atoms with E-state index in [4.69, 9.17) is 18.6 Å². The number of hydrogen-bond acceptors (Lipinski definition) is 8. The molecule has 0 fully saturated rings. The summed E-state index contributed by atoms with van der Waals surface area (Å²) in [6, 6.07) is 11.9. The van der Waals surface area contributed by atoms with Gasteiger partial charge >= 0.3 is 0 Å². The molecule has 34 heavy (non-hydrogen) atoms. The maximum atomic E-state index is 11.1. The minimum Gasteiger partial charge on any atom is -0.497 e. The van der Waals surface area contributed by atoms with Crippen LogP contribution in [0.5, 0.6) is 11.5 Å². The van der Waals surface area contributed by atoms with Gasteiger partial charge in [0.2, 0.25) is 0 Å². The molecule has 0 aliphatic heterocycles. The van der Waals surface area contributed by atoms with E-state index in [2.05, 4.69) is 10.1 Å². The Hall–Kier alpha value is -3.50. The summed E-state index contributed by atoms with van der Waals surface area (Å²) in [6.07, 6.45) is 7.57. The monoisotopic (exact) mass is 482 g/mol. The third-order valence-electron chi connectivity index (χ3n) is 5.18. The first-order valence-corrected chi connectivity index (χ1v) is 12.5. The van der Waals surface area contributed by atoms with E-state index in [1.54, 1.807) is 31.3 Å². The van der Waals surface area contributed by atoms with Crippen molar-refractivity contribution in [2.45, 2.75) is 19.4 Å². The van der Waals surface area contributed by atoms with E-state index in [0.717, 1.165) is 45.5 Å². The molecule has 10 heteroatoms. The zero-order chi connectivity index (χ0) is 24.1. The van der Waals surface area contributed by atoms with Crippen LogP contribution < -0.4 is 9.47 Å². The number of ether oxygens (including phenoxy) is 2.